The minimum absolute atomic E-state index is 0.117. The Balaban J connectivity index is 1.91. The average molecular weight is 353 g/mol. The molecule has 1 aliphatic rings. The molecule has 7 heteroatoms. The first-order chi connectivity index (χ1) is 11.5. The van der Waals surface area contributed by atoms with Crippen molar-refractivity contribution in [3.63, 3.8) is 0 Å². The van der Waals surface area contributed by atoms with E-state index in [9.17, 15) is 9.59 Å². The van der Waals surface area contributed by atoms with E-state index >= 15 is 0 Å². The fourth-order valence-electron chi connectivity index (χ4n) is 2.70. The Morgan fingerprint density at radius 1 is 1.12 bits per heavy atom. The molecule has 1 saturated heterocycles. The Labute approximate surface area is 148 Å². The monoisotopic (exact) mass is 352 g/mol. The topological polar surface area (TPSA) is 64.7 Å². The maximum absolute atomic E-state index is 12.0. The molecule has 0 saturated carbocycles. The maximum atomic E-state index is 12.0. The molecule has 1 atom stereocenters. The second-order valence-corrected chi connectivity index (χ2v) is 7.51. The average Bonchev–Trinajstić information content (AvgIpc) is 3.08. The number of thiophene rings is 1. The van der Waals surface area contributed by atoms with Gasteiger partial charge in [0.05, 0.1) is 6.04 Å². The second kappa shape index (κ2) is 9.15. The van der Waals surface area contributed by atoms with E-state index in [1.54, 1.807) is 11.3 Å². The summed E-state index contributed by atoms with van der Waals surface area (Å²) in [6.45, 7) is 8.93. The lowest BCUT2D eigenvalue weighted by atomic mass is 10.1. The van der Waals surface area contributed by atoms with Gasteiger partial charge in [0.15, 0.2) is 0 Å². The van der Waals surface area contributed by atoms with Gasteiger partial charge in [-0.1, -0.05) is 13.8 Å². The molecule has 1 aromatic heterocycles. The largest absolute Gasteiger partial charge is 0.348 e. The number of likely N-dealkylation sites (N-methyl/N-ethyl adjacent to an activating group) is 1. The van der Waals surface area contributed by atoms with Gasteiger partial charge >= 0.3 is 11.8 Å². The van der Waals surface area contributed by atoms with Gasteiger partial charge in [-0.2, -0.15) is 11.3 Å². The van der Waals surface area contributed by atoms with E-state index < -0.39 is 11.8 Å². The molecular weight excluding hydrogens is 324 g/mol. The highest BCUT2D eigenvalue weighted by atomic mass is 32.1. The van der Waals surface area contributed by atoms with Crippen molar-refractivity contribution in [2.24, 2.45) is 5.92 Å². The number of amides is 2. The fourth-order valence-corrected chi connectivity index (χ4v) is 3.41. The molecular formula is C17H28N4O2S. The molecule has 2 rings (SSSR count). The molecule has 1 aliphatic heterocycles. The van der Waals surface area contributed by atoms with E-state index in [-0.39, 0.29) is 6.04 Å². The molecule has 0 bridgehead atoms. The minimum Gasteiger partial charge on any atom is -0.348 e. The quantitative estimate of drug-likeness (QED) is 0.748. The molecule has 0 unspecified atom stereocenters. The van der Waals surface area contributed by atoms with Crippen LogP contribution in [0.5, 0.6) is 0 Å². The van der Waals surface area contributed by atoms with Crippen LogP contribution in [-0.2, 0) is 9.59 Å². The van der Waals surface area contributed by atoms with Crippen molar-refractivity contribution in [2.45, 2.75) is 19.9 Å². The molecule has 2 N–H and O–H groups in total. The Morgan fingerprint density at radius 2 is 1.75 bits per heavy atom. The summed E-state index contributed by atoms with van der Waals surface area (Å²) in [6.07, 6.45) is 0. The van der Waals surface area contributed by atoms with Crippen molar-refractivity contribution in [3.8, 4) is 0 Å². The van der Waals surface area contributed by atoms with Crippen LogP contribution in [0.4, 0.5) is 0 Å². The van der Waals surface area contributed by atoms with E-state index in [4.69, 9.17) is 0 Å². The van der Waals surface area contributed by atoms with E-state index in [0.29, 0.717) is 19.0 Å². The summed E-state index contributed by atoms with van der Waals surface area (Å²) in [5.41, 5.74) is 1.20. The predicted molar refractivity (Wildman–Crippen MR) is 97.0 cm³/mol. The normalized spacial score (nSPS) is 17.7. The van der Waals surface area contributed by atoms with Crippen molar-refractivity contribution in [1.82, 2.24) is 20.4 Å². The summed E-state index contributed by atoms with van der Waals surface area (Å²) < 4.78 is 0. The Morgan fingerprint density at radius 3 is 2.29 bits per heavy atom. The number of carbonyl (C=O) groups excluding carboxylic acids is 2. The molecule has 0 spiro atoms. The smallest absolute Gasteiger partial charge is 0.309 e. The van der Waals surface area contributed by atoms with Gasteiger partial charge in [-0.15, -0.1) is 0 Å². The van der Waals surface area contributed by atoms with Crippen LogP contribution in [0, 0.1) is 5.92 Å². The molecule has 6 nitrogen and oxygen atoms in total. The highest BCUT2D eigenvalue weighted by molar-refractivity contribution is 7.07. The van der Waals surface area contributed by atoms with Crippen molar-refractivity contribution < 1.29 is 9.59 Å². The molecule has 0 radical (unpaired) electrons. The number of carbonyl (C=O) groups is 2. The van der Waals surface area contributed by atoms with Gasteiger partial charge < -0.3 is 15.5 Å². The van der Waals surface area contributed by atoms with E-state index in [1.165, 1.54) is 5.56 Å². The van der Waals surface area contributed by atoms with Gasteiger partial charge in [0, 0.05) is 39.3 Å². The number of nitrogens with one attached hydrogen (secondary N) is 2. The number of nitrogens with zero attached hydrogens (tertiary/aromatic N) is 2. The van der Waals surface area contributed by atoms with Crippen LogP contribution in [-0.4, -0.2) is 67.9 Å². The maximum Gasteiger partial charge on any atom is 0.309 e. The Bertz CT molecular complexity index is 525. The number of rotatable bonds is 6. The standard InChI is InChI=1S/C17H28N4O2S/c1-13(2)10-18-16(22)17(23)19-11-15(14-4-9-24-12-14)21-7-5-20(3)6-8-21/h4,9,12-13,15H,5-8,10-11H2,1-3H3,(H,18,22)(H,19,23)/t15-/m0/s1. The zero-order chi connectivity index (χ0) is 17.5. The summed E-state index contributed by atoms with van der Waals surface area (Å²) in [7, 11) is 2.12. The number of hydrogen-bond donors (Lipinski definition) is 2. The molecule has 2 amide bonds. The first-order valence-corrected chi connectivity index (χ1v) is 9.42. The van der Waals surface area contributed by atoms with Crippen molar-refractivity contribution in [1.29, 1.82) is 0 Å². The summed E-state index contributed by atoms with van der Waals surface area (Å²) in [5.74, 6) is -0.776. The Kier molecular flexibility index (Phi) is 7.20. The van der Waals surface area contributed by atoms with Gasteiger partial charge in [-0.05, 0) is 35.4 Å². The fraction of sp³-hybridized carbons (Fsp3) is 0.647. The summed E-state index contributed by atoms with van der Waals surface area (Å²) in [5, 5.41) is 9.63. The van der Waals surface area contributed by atoms with Crippen LogP contribution in [0.15, 0.2) is 16.8 Å². The summed E-state index contributed by atoms with van der Waals surface area (Å²) in [6, 6.07) is 2.21. The first kappa shape index (κ1) is 18.9. The van der Waals surface area contributed by atoms with E-state index in [1.807, 2.05) is 13.8 Å². The van der Waals surface area contributed by atoms with Gasteiger partial charge in [-0.3, -0.25) is 14.5 Å². The predicted octanol–water partition coefficient (Wildman–Crippen LogP) is 0.925. The minimum atomic E-state index is -0.551. The summed E-state index contributed by atoms with van der Waals surface area (Å²) >= 11 is 1.66. The molecule has 1 fully saturated rings. The summed E-state index contributed by atoms with van der Waals surface area (Å²) in [4.78, 5) is 28.5. The van der Waals surface area contributed by atoms with Gasteiger partial charge in [0.2, 0.25) is 0 Å². The third-order valence-corrected chi connectivity index (χ3v) is 4.94. The van der Waals surface area contributed by atoms with Crippen molar-refractivity contribution in [2.75, 3.05) is 46.3 Å². The third kappa shape index (κ3) is 5.58. The lowest BCUT2D eigenvalue weighted by molar-refractivity contribution is -0.139. The molecule has 2 heterocycles. The van der Waals surface area contributed by atoms with Crippen LogP contribution >= 0.6 is 11.3 Å². The van der Waals surface area contributed by atoms with Gasteiger partial charge in [0.1, 0.15) is 0 Å². The van der Waals surface area contributed by atoms with Crippen LogP contribution in [0.3, 0.4) is 0 Å². The van der Waals surface area contributed by atoms with E-state index in [2.05, 4.69) is 44.3 Å². The molecule has 134 valence electrons. The number of piperazine rings is 1. The second-order valence-electron chi connectivity index (χ2n) is 6.73. The van der Waals surface area contributed by atoms with Crippen molar-refractivity contribution in [3.05, 3.63) is 22.4 Å². The Hall–Kier alpha value is -1.44. The SMILES string of the molecule is CC(C)CNC(=O)C(=O)NC[C@@H](c1ccsc1)N1CCN(C)CC1. The lowest BCUT2D eigenvalue weighted by Crippen LogP contribution is -2.49. The first-order valence-electron chi connectivity index (χ1n) is 8.48. The van der Waals surface area contributed by atoms with Crippen LogP contribution in [0.2, 0.25) is 0 Å². The molecule has 1 aromatic rings. The van der Waals surface area contributed by atoms with E-state index in [0.717, 1.165) is 26.2 Å². The van der Waals surface area contributed by atoms with Gasteiger partial charge in [0.25, 0.3) is 0 Å². The van der Waals surface area contributed by atoms with Crippen LogP contribution in [0.1, 0.15) is 25.5 Å². The highest BCUT2D eigenvalue weighted by Crippen LogP contribution is 2.23. The zero-order valence-corrected chi connectivity index (χ0v) is 15.6. The van der Waals surface area contributed by atoms with Gasteiger partial charge in [-0.25, -0.2) is 0 Å². The lowest BCUT2D eigenvalue weighted by Gasteiger charge is -2.37. The zero-order valence-electron chi connectivity index (χ0n) is 14.7. The van der Waals surface area contributed by atoms with Crippen LogP contribution in [0.25, 0.3) is 0 Å². The van der Waals surface area contributed by atoms with Crippen LogP contribution < -0.4 is 10.6 Å². The third-order valence-electron chi connectivity index (χ3n) is 4.24. The van der Waals surface area contributed by atoms with Crippen molar-refractivity contribution >= 4 is 23.2 Å². The molecule has 24 heavy (non-hydrogen) atoms. The molecule has 0 aliphatic carbocycles. The number of hydrogen-bond acceptors (Lipinski definition) is 5. The highest BCUT2D eigenvalue weighted by Gasteiger charge is 2.25. The molecule has 0 aromatic carbocycles.